The molecule has 0 saturated carbocycles. The van der Waals surface area contributed by atoms with Crippen molar-refractivity contribution in [3.05, 3.63) is 99.3 Å². The number of aromatic nitrogens is 2. The smallest absolute Gasteiger partial charge is 0.266 e. The molecule has 0 atom stereocenters. The summed E-state index contributed by atoms with van der Waals surface area (Å²) in [4.78, 5) is 30.5. The molecule has 0 aliphatic carbocycles. The second-order valence-corrected chi connectivity index (χ2v) is 7.91. The average molecular weight is 421 g/mol. The number of ketones is 1. The third-order valence-corrected chi connectivity index (χ3v) is 5.93. The quantitative estimate of drug-likeness (QED) is 0.249. The zero-order chi connectivity index (χ0) is 20.4. The van der Waals surface area contributed by atoms with Crippen molar-refractivity contribution in [2.75, 3.05) is 5.75 Å². The van der Waals surface area contributed by atoms with E-state index in [0.717, 1.165) is 5.56 Å². The van der Waals surface area contributed by atoms with Crippen LogP contribution in [-0.4, -0.2) is 21.1 Å². The van der Waals surface area contributed by atoms with Gasteiger partial charge < -0.3 is 0 Å². The van der Waals surface area contributed by atoms with Gasteiger partial charge in [-0.05, 0) is 42.8 Å². The summed E-state index contributed by atoms with van der Waals surface area (Å²) < 4.78 is 1.56. The number of nitrogens with zero attached hydrogens (tertiary/aromatic N) is 2. The second-order valence-electron chi connectivity index (χ2n) is 6.56. The van der Waals surface area contributed by atoms with Crippen molar-refractivity contribution in [3.63, 3.8) is 0 Å². The van der Waals surface area contributed by atoms with Crippen LogP contribution >= 0.6 is 23.4 Å². The highest BCUT2D eigenvalue weighted by Crippen LogP contribution is 2.23. The molecule has 1 aromatic heterocycles. The van der Waals surface area contributed by atoms with Crippen LogP contribution in [0, 0.1) is 6.92 Å². The molecule has 0 fully saturated rings. The molecule has 0 aliphatic rings. The van der Waals surface area contributed by atoms with Crippen LogP contribution in [0.5, 0.6) is 0 Å². The van der Waals surface area contributed by atoms with E-state index in [-0.39, 0.29) is 17.1 Å². The SMILES string of the molecule is Cc1ccc(C(=O)CSc2nc3ccccc3c(=O)n2-c2ccccc2)cc1Cl. The molecule has 0 amide bonds. The number of carbonyl (C=O) groups excluding carboxylic acids is 1. The fourth-order valence-electron chi connectivity index (χ4n) is 2.99. The third-order valence-electron chi connectivity index (χ3n) is 4.59. The predicted octanol–water partition coefficient (Wildman–Crippen LogP) is 5.32. The summed E-state index contributed by atoms with van der Waals surface area (Å²) in [7, 11) is 0. The summed E-state index contributed by atoms with van der Waals surface area (Å²) in [5, 5.41) is 1.58. The maximum Gasteiger partial charge on any atom is 0.266 e. The number of Topliss-reactive ketones (excluding diaryl/α,β-unsaturated/α-hetero) is 1. The molecule has 144 valence electrons. The molecule has 0 unspecified atom stereocenters. The summed E-state index contributed by atoms with van der Waals surface area (Å²) in [6.07, 6.45) is 0. The van der Waals surface area contributed by atoms with Gasteiger partial charge in [-0.25, -0.2) is 4.98 Å². The number of carbonyl (C=O) groups is 1. The van der Waals surface area contributed by atoms with Gasteiger partial charge in [0, 0.05) is 10.6 Å². The Morgan fingerprint density at radius 2 is 1.76 bits per heavy atom. The fraction of sp³-hybridized carbons (Fsp3) is 0.0870. The van der Waals surface area contributed by atoms with E-state index in [1.807, 2.05) is 55.5 Å². The van der Waals surface area contributed by atoms with Crippen molar-refractivity contribution in [1.29, 1.82) is 0 Å². The Hall–Kier alpha value is -2.89. The molecule has 4 rings (SSSR count). The molecule has 0 radical (unpaired) electrons. The lowest BCUT2D eigenvalue weighted by molar-refractivity contribution is 0.102. The lowest BCUT2D eigenvalue weighted by Crippen LogP contribution is -2.22. The Labute approximate surface area is 177 Å². The van der Waals surface area contributed by atoms with Crippen LogP contribution in [0.15, 0.2) is 82.7 Å². The molecule has 0 bridgehead atoms. The van der Waals surface area contributed by atoms with Gasteiger partial charge in [-0.15, -0.1) is 0 Å². The molecule has 4 nitrogen and oxygen atoms in total. The number of rotatable bonds is 5. The molecule has 3 aromatic carbocycles. The normalized spacial score (nSPS) is 11.0. The van der Waals surface area contributed by atoms with Crippen LogP contribution in [-0.2, 0) is 0 Å². The van der Waals surface area contributed by atoms with Crippen LogP contribution in [0.4, 0.5) is 0 Å². The van der Waals surface area contributed by atoms with E-state index in [1.54, 1.807) is 28.8 Å². The highest BCUT2D eigenvalue weighted by Gasteiger charge is 2.15. The van der Waals surface area contributed by atoms with Gasteiger partial charge in [-0.2, -0.15) is 0 Å². The van der Waals surface area contributed by atoms with Gasteiger partial charge in [-0.3, -0.25) is 14.2 Å². The molecule has 0 aliphatic heterocycles. The highest BCUT2D eigenvalue weighted by atomic mass is 35.5. The van der Waals surface area contributed by atoms with Crippen LogP contribution in [0.1, 0.15) is 15.9 Å². The van der Waals surface area contributed by atoms with Crippen LogP contribution in [0.25, 0.3) is 16.6 Å². The first-order valence-corrected chi connectivity index (χ1v) is 10.4. The lowest BCUT2D eigenvalue weighted by atomic mass is 10.1. The van der Waals surface area contributed by atoms with Gasteiger partial charge in [0.05, 0.1) is 22.3 Å². The number of thioether (sulfide) groups is 1. The van der Waals surface area contributed by atoms with Crippen molar-refractivity contribution >= 4 is 40.0 Å². The maximum atomic E-state index is 13.2. The zero-order valence-corrected chi connectivity index (χ0v) is 17.2. The number of hydrogen-bond donors (Lipinski definition) is 0. The Kier molecular flexibility index (Phi) is 5.51. The Morgan fingerprint density at radius 1 is 1.03 bits per heavy atom. The zero-order valence-electron chi connectivity index (χ0n) is 15.6. The molecule has 0 saturated heterocycles. The van der Waals surface area contributed by atoms with Crippen LogP contribution < -0.4 is 5.56 Å². The molecular weight excluding hydrogens is 404 g/mol. The van der Waals surface area contributed by atoms with Gasteiger partial charge in [0.1, 0.15) is 0 Å². The Balaban J connectivity index is 1.73. The van der Waals surface area contributed by atoms with Crippen molar-refractivity contribution in [1.82, 2.24) is 9.55 Å². The second kappa shape index (κ2) is 8.23. The average Bonchev–Trinajstić information content (AvgIpc) is 2.74. The summed E-state index contributed by atoms with van der Waals surface area (Å²) in [5.74, 6) is 0.0794. The van der Waals surface area contributed by atoms with Gasteiger partial charge in [0.15, 0.2) is 10.9 Å². The van der Waals surface area contributed by atoms with Crippen molar-refractivity contribution in [2.24, 2.45) is 0 Å². The molecule has 6 heteroatoms. The van der Waals surface area contributed by atoms with E-state index in [1.165, 1.54) is 11.8 Å². The number of para-hydroxylation sites is 2. The molecule has 0 N–H and O–H groups in total. The minimum atomic E-state index is -0.157. The van der Waals surface area contributed by atoms with Crippen LogP contribution in [0.2, 0.25) is 5.02 Å². The lowest BCUT2D eigenvalue weighted by Gasteiger charge is -2.13. The number of fused-ring (bicyclic) bond motifs is 1. The van der Waals surface area contributed by atoms with E-state index < -0.39 is 0 Å². The standard InChI is InChI=1S/C23H17ClN2O2S/c1-15-11-12-16(13-19(15)24)21(27)14-29-23-25-20-10-6-5-9-18(20)22(28)26(23)17-7-3-2-4-8-17/h2-13H,14H2,1H3. The van der Waals surface area contributed by atoms with E-state index in [4.69, 9.17) is 11.6 Å². The monoisotopic (exact) mass is 420 g/mol. The number of halogens is 1. The van der Waals surface area contributed by atoms with Gasteiger partial charge >= 0.3 is 0 Å². The van der Waals surface area contributed by atoms with E-state index >= 15 is 0 Å². The number of benzene rings is 3. The first kappa shape index (κ1) is 19.4. The molecular formula is C23H17ClN2O2S. The minimum absolute atomic E-state index is 0.0704. The summed E-state index contributed by atoms with van der Waals surface area (Å²) in [6.45, 7) is 1.89. The largest absolute Gasteiger partial charge is 0.293 e. The molecule has 1 heterocycles. The van der Waals surface area contributed by atoms with Crippen molar-refractivity contribution < 1.29 is 4.79 Å². The van der Waals surface area contributed by atoms with E-state index in [9.17, 15) is 9.59 Å². The maximum absolute atomic E-state index is 13.2. The first-order valence-electron chi connectivity index (χ1n) is 9.04. The summed E-state index contributed by atoms with van der Waals surface area (Å²) in [5.41, 5.74) is 2.63. The molecule has 0 spiro atoms. The molecule has 4 aromatic rings. The van der Waals surface area contributed by atoms with E-state index in [2.05, 4.69) is 4.98 Å². The summed E-state index contributed by atoms with van der Waals surface area (Å²) >= 11 is 7.39. The van der Waals surface area contributed by atoms with Crippen molar-refractivity contribution in [3.8, 4) is 5.69 Å². The molecule has 29 heavy (non-hydrogen) atoms. The van der Waals surface area contributed by atoms with Crippen molar-refractivity contribution in [2.45, 2.75) is 12.1 Å². The fourth-order valence-corrected chi connectivity index (χ4v) is 4.08. The number of aryl methyl sites for hydroxylation is 1. The Bertz CT molecular complexity index is 1270. The third kappa shape index (κ3) is 3.97. The highest BCUT2D eigenvalue weighted by molar-refractivity contribution is 7.99. The minimum Gasteiger partial charge on any atom is -0.293 e. The Morgan fingerprint density at radius 3 is 2.52 bits per heavy atom. The topological polar surface area (TPSA) is 52.0 Å². The summed E-state index contributed by atoms with van der Waals surface area (Å²) in [6, 6.07) is 21.8. The number of hydrogen-bond acceptors (Lipinski definition) is 4. The van der Waals surface area contributed by atoms with E-state index in [0.29, 0.717) is 32.3 Å². The predicted molar refractivity (Wildman–Crippen MR) is 119 cm³/mol. The van der Waals surface area contributed by atoms with Crippen LogP contribution in [0.3, 0.4) is 0 Å². The first-order chi connectivity index (χ1) is 14.0. The van der Waals surface area contributed by atoms with Gasteiger partial charge in [-0.1, -0.05) is 65.8 Å². The van der Waals surface area contributed by atoms with Gasteiger partial charge in [0.25, 0.3) is 5.56 Å². The van der Waals surface area contributed by atoms with Gasteiger partial charge in [0.2, 0.25) is 0 Å².